The number of hydrogen-bond donors (Lipinski definition) is 2. The molecule has 0 radical (unpaired) electrons. The summed E-state index contributed by atoms with van der Waals surface area (Å²) in [5.74, 6) is -0.344. The highest BCUT2D eigenvalue weighted by Crippen LogP contribution is 2.24. The van der Waals surface area contributed by atoms with Gasteiger partial charge in [-0.25, -0.2) is 8.42 Å². The number of aromatic nitrogens is 1. The van der Waals surface area contributed by atoms with Crippen LogP contribution in [0, 0.1) is 0 Å². The smallest absolute Gasteiger partial charge is 0.248 e. The van der Waals surface area contributed by atoms with Crippen LogP contribution in [0.15, 0.2) is 101 Å². The van der Waals surface area contributed by atoms with Gasteiger partial charge in [0.15, 0.2) is 0 Å². The molecule has 0 aliphatic carbocycles. The van der Waals surface area contributed by atoms with E-state index in [4.69, 9.17) is 0 Å². The van der Waals surface area contributed by atoms with Crippen LogP contribution in [0.25, 0.3) is 10.9 Å². The summed E-state index contributed by atoms with van der Waals surface area (Å²) in [5, 5.41) is 0.572. The van der Waals surface area contributed by atoms with Crippen molar-refractivity contribution in [3.63, 3.8) is 0 Å². The molecule has 1 aromatic heterocycles. The van der Waals surface area contributed by atoms with Crippen LogP contribution in [0.5, 0.6) is 0 Å². The van der Waals surface area contributed by atoms with Crippen molar-refractivity contribution in [3.05, 3.63) is 112 Å². The molecule has 1 unspecified atom stereocenters. The average Bonchev–Trinajstić information content (AvgIpc) is 2.86. The number of benzene rings is 3. The van der Waals surface area contributed by atoms with E-state index in [0.717, 1.165) is 5.56 Å². The Morgan fingerprint density at radius 1 is 0.914 bits per heavy atom. The Bertz CT molecular complexity index is 1480. The summed E-state index contributed by atoms with van der Waals surface area (Å²) in [7, 11) is -4.08. The van der Waals surface area contributed by atoms with Crippen LogP contribution in [0.4, 0.5) is 0 Å². The van der Waals surface area contributed by atoms with Gasteiger partial charge in [-0.05, 0) is 54.6 Å². The quantitative estimate of drug-likeness (QED) is 0.391. The van der Waals surface area contributed by atoms with Crippen molar-refractivity contribution in [1.82, 2.24) is 14.6 Å². The zero-order valence-corrected chi connectivity index (χ0v) is 20.3. The third-order valence-corrected chi connectivity index (χ3v) is 7.18. The molecule has 0 fully saturated rings. The second kappa shape index (κ2) is 10.2. The van der Waals surface area contributed by atoms with Crippen molar-refractivity contribution in [3.8, 4) is 0 Å². The maximum absolute atomic E-state index is 13.8. The minimum absolute atomic E-state index is 0.00457. The summed E-state index contributed by atoms with van der Waals surface area (Å²) < 4.78 is 29.5. The van der Waals surface area contributed by atoms with Crippen LogP contribution in [-0.2, 0) is 21.4 Å². The van der Waals surface area contributed by atoms with Crippen LogP contribution >= 0.6 is 0 Å². The van der Waals surface area contributed by atoms with Gasteiger partial charge in [0.25, 0.3) is 0 Å². The molecule has 1 amide bonds. The highest BCUT2D eigenvalue weighted by molar-refractivity contribution is 7.89. The van der Waals surface area contributed by atoms with Crippen LogP contribution in [0.1, 0.15) is 31.0 Å². The number of carbonyl (C=O) groups excluding carboxylic acids is 1. The van der Waals surface area contributed by atoms with E-state index in [9.17, 15) is 18.0 Å². The molecule has 4 rings (SSSR count). The Hall–Kier alpha value is -3.75. The van der Waals surface area contributed by atoms with Gasteiger partial charge in [0, 0.05) is 24.2 Å². The lowest BCUT2D eigenvalue weighted by atomic mass is 10.1. The number of pyridine rings is 1. The summed E-state index contributed by atoms with van der Waals surface area (Å²) in [4.78, 5) is 29.7. The molecule has 0 bridgehead atoms. The predicted molar refractivity (Wildman–Crippen MR) is 136 cm³/mol. The highest BCUT2D eigenvalue weighted by Gasteiger charge is 2.32. The summed E-state index contributed by atoms with van der Waals surface area (Å²) in [6.07, 6.45) is 0. The van der Waals surface area contributed by atoms with Crippen molar-refractivity contribution >= 4 is 26.8 Å². The van der Waals surface area contributed by atoms with Gasteiger partial charge in [-0.3, -0.25) is 9.59 Å². The fourth-order valence-corrected chi connectivity index (χ4v) is 5.10. The predicted octanol–water partition coefficient (Wildman–Crippen LogP) is 3.98. The van der Waals surface area contributed by atoms with Crippen molar-refractivity contribution < 1.29 is 13.2 Å². The van der Waals surface area contributed by atoms with E-state index in [2.05, 4.69) is 9.71 Å². The normalized spacial score (nSPS) is 12.5. The van der Waals surface area contributed by atoms with Crippen molar-refractivity contribution in [2.75, 3.05) is 0 Å². The molecule has 8 heteroatoms. The number of rotatable bonds is 8. The molecule has 2 N–H and O–H groups in total. The minimum atomic E-state index is -4.08. The summed E-state index contributed by atoms with van der Waals surface area (Å²) in [5.41, 5.74) is 1.76. The van der Waals surface area contributed by atoms with Gasteiger partial charge in [-0.1, -0.05) is 60.7 Å². The Morgan fingerprint density at radius 2 is 1.57 bits per heavy atom. The molecule has 180 valence electrons. The molecule has 0 aliphatic rings. The van der Waals surface area contributed by atoms with Crippen LogP contribution < -0.4 is 10.3 Å². The van der Waals surface area contributed by atoms with Gasteiger partial charge in [-0.15, -0.1) is 0 Å². The van der Waals surface area contributed by atoms with Crippen molar-refractivity contribution in [1.29, 1.82) is 0 Å². The van der Waals surface area contributed by atoms with E-state index in [-0.39, 0.29) is 22.4 Å². The second-order valence-corrected chi connectivity index (χ2v) is 10.3. The third kappa shape index (κ3) is 5.67. The summed E-state index contributed by atoms with van der Waals surface area (Å²) in [6.45, 7) is 4.16. The number of carbonyl (C=O) groups is 1. The first-order valence-electron chi connectivity index (χ1n) is 11.3. The van der Waals surface area contributed by atoms with E-state index in [0.29, 0.717) is 23.0 Å². The standard InChI is InChI=1S/C27H27N3O4S/c1-19(2)30(18-20-9-5-3-6-10-20)27(32)26(21-11-7-4-8-12-21)29-35(33,34)23-14-15-24-22(17-23)13-16-25(31)28-24/h3-17,19,26,29H,18H2,1-2H3,(H,28,31). The summed E-state index contributed by atoms with van der Waals surface area (Å²) >= 11 is 0. The number of amides is 1. The summed E-state index contributed by atoms with van der Waals surface area (Å²) in [6, 6.07) is 24.5. The van der Waals surface area contributed by atoms with Crippen molar-refractivity contribution in [2.24, 2.45) is 0 Å². The average molecular weight is 490 g/mol. The van der Waals surface area contributed by atoms with Gasteiger partial charge in [0.2, 0.25) is 21.5 Å². The molecule has 4 aromatic rings. The highest BCUT2D eigenvalue weighted by atomic mass is 32.2. The lowest BCUT2D eigenvalue weighted by Gasteiger charge is -2.31. The van der Waals surface area contributed by atoms with Crippen LogP contribution in [0.3, 0.4) is 0 Å². The second-order valence-electron chi connectivity index (χ2n) is 8.58. The zero-order chi connectivity index (χ0) is 25.0. The van der Waals surface area contributed by atoms with E-state index in [1.165, 1.54) is 18.2 Å². The SMILES string of the molecule is CC(C)N(Cc1ccccc1)C(=O)C(NS(=O)(=O)c1ccc2[nH]c(=O)ccc2c1)c1ccccc1. The van der Waals surface area contributed by atoms with E-state index < -0.39 is 16.1 Å². The number of nitrogens with one attached hydrogen (secondary N) is 2. The number of nitrogens with zero attached hydrogens (tertiary/aromatic N) is 1. The van der Waals surface area contributed by atoms with Gasteiger partial charge >= 0.3 is 0 Å². The molecule has 0 saturated carbocycles. The molecule has 1 heterocycles. The van der Waals surface area contributed by atoms with E-state index in [1.807, 2.05) is 50.2 Å². The molecule has 0 aliphatic heterocycles. The molecule has 3 aromatic carbocycles. The number of sulfonamides is 1. The van der Waals surface area contributed by atoms with Gasteiger partial charge in [0.05, 0.1) is 4.90 Å². The van der Waals surface area contributed by atoms with Crippen LogP contribution in [0.2, 0.25) is 0 Å². The lowest BCUT2D eigenvalue weighted by molar-refractivity contribution is -0.135. The Labute approximate surface area is 204 Å². The van der Waals surface area contributed by atoms with Crippen LogP contribution in [-0.4, -0.2) is 30.3 Å². The molecule has 0 saturated heterocycles. The molecular weight excluding hydrogens is 462 g/mol. The monoisotopic (exact) mass is 489 g/mol. The first-order chi connectivity index (χ1) is 16.7. The molecule has 7 nitrogen and oxygen atoms in total. The fraction of sp³-hybridized carbons (Fsp3) is 0.185. The van der Waals surface area contributed by atoms with Gasteiger partial charge in [0.1, 0.15) is 6.04 Å². The molecular formula is C27H27N3O4S. The lowest BCUT2D eigenvalue weighted by Crippen LogP contribution is -2.45. The number of H-pyrrole nitrogens is 1. The number of hydrogen-bond acceptors (Lipinski definition) is 4. The number of aromatic amines is 1. The first-order valence-corrected chi connectivity index (χ1v) is 12.8. The van der Waals surface area contributed by atoms with E-state index >= 15 is 0 Å². The third-order valence-electron chi connectivity index (χ3n) is 5.76. The Balaban J connectivity index is 1.70. The number of fused-ring (bicyclic) bond motifs is 1. The molecule has 1 atom stereocenters. The van der Waals surface area contributed by atoms with Crippen molar-refractivity contribution in [2.45, 2.75) is 37.4 Å². The fourth-order valence-electron chi connectivity index (χ4n) is 3.89. The van der Waals surface area contributed by atoms with E-state index in [1.54, 1.807) is 41.3 Å². The molecule has 0 spiro atoms. The Morgan fingerprint density at radius 3 is 2.23 bits per heavy atom. The minimum Gasteiger partial charge on any atom is -0.334 e. The van der Waals surface area contributed by atoms with Gasteiger partial charge in [-0.2, -0.15) is 4.72 Å². The maximum Gasteiger partial charge on any atom is 0.248 e. The molecule has 35 heavy (non-hydrogen) atoms. The maximum atomic E-state index is 13.8. The van der Waals surface area contributed by atoms with Gasteiger partial charge < -0.3 is 9.88 Å². The first kappa shape index (κ1) is 24.4. The zero-order valence-electron chi connectivity index (χ0n) is 19.5. The largest absolute Gasteiger partial charge is 0.334 e. The topological polar surface area (TPSA) is 99.3 Å². The Kier molecular flexibility index (Phi) is 7.14.